The van der Waals surface area contributed by atoms with Gasteiger partial charge in [-0.1, -0.05) is 17.7 Å². The summed E-state index contributed by atoms with van der Waals surface area (Å²) in [6.45, 7) is 2.67. The summed E-state index contributed by atoms with van der Waals surface area (Å²) in [4.78, 5) is 21.0. The number of nitrogens with zero attached hydrogens (tertiary/aromatic N) is 3. The molecule has 1 spiro atoms. The number of anilines is 1. The zero-order chi connectivity index (χ0) is 26.7. The van der Waals surface area contributed by atoms with Crippen LogP contribution in [0.15, 0.2) is 30.5 Å². The van der Waals surface area contributed by atoms with E-state index < -0.39 is 23.5 Å². The molecule has 2 atom stereocenters. The van der Waals surface area contributed by atoms with Gasteiger partial charge in [-0.2, -0.15) is 13.2 Å². The third-order valence-electron chi connectivity index (χ3n) is 8.84. The molecule has 1 saturated carbocycles. The Morgan fingerprint density at radius 3 is 2.47 bits per heavy atom. The molecule has 0 bridgehead atoms. The molecule has 1 amide bonds. The summed E-state index contributed by atoms with van der Waals surface area (Å²) < 4.78 is 57.4. The maximum absolute atomic E-state index is 14.3. The van der Waals surface area contributed by atoms with Gasteiger partial charge in [-0.25, -0.2) is 4.39 Å². The van der Waals surface area contributed by atoms with E-state index >= 15 is 0 Å². The lowest BCUT2D eigenvalue weighted by Crippen LogP contribution is -2.47. The fourth-order valence-corrected chi connectivity index (χ4v) is 6.69. The van der Waals surface area contributed by atoms with E-state index in [0.29, 0.717) is 43.4 Å². The number of halogens is 5. The van der Waals surface area contributed by atoms with Crippen LogP contribution in [0, 0.1) is 17.2 Å². The number of aromatic nitrogens is 1. The number of hydrogen-bond acceptors (Lipinski definition) is 4. The van der Waals surface area contributed by atoms with Crippen molar-refractivity contribution in [1.82, 2.24) is 14.8 Å². The lowest BCUT2D eigenvalue weighted by molar-refractivity contribution is -0.192. The molecule has 2 aliphatic heterocycles. The van der Waals surface area contributed by atoms with Crippen molar-refractivity contribution in [1.29, 1.82) is 0 Å². The van der Waals surface area contributed by atoms with E-state index in [4.69, 9.17) is 11.6 Å². The number of carbonyl (C=O) groups is 1. The van der Waals surface area contributed by atoms with E-state index in [1.54, 1.807) is 12.1 Å². The highest BCUT2D eigenvalue weighted by molar-refractivity contribution is 6.30. The van der Waals surface area contributed by atoms with Crippen LogP contribution in [-0.4, -0.2) is 59.1 Å². The number of amides is 1. The van der Waals surface area contributed by atoms with Gasteiger partial charge in [0, 0.05) is 19.1 Å². The van der Waals surface area contributed by atoms with E-state index in [1.807, 2.05) is 0 Å². The quantitative estimate of drug-likeness (QED) is 0.463. The van der Waals surface area contributed by atoms with Gasteiger partial charge < -0.3 is 15.1 Å². The highest BCUT2D eigenvalue weighted by Crippen LogP contribution is 2.48. The fourth-order valence-electron chi connectivity index (χ4n) is 6.51. The van der Waals surface area contributed by atoms with Gasteiger partial charge in [0.05, 0.1) is 28.0 Å². The second-order valence-electron chi connectivity index (χ2n) is 11.4. The molecule has 1 aromatic carbocycles. The molecule has 2 aromatic rings. The molecule has 3 fully saturated rings. The molecule has 38 heavy (non-hydrogen) atoms. The van der Waals surface area contributed by atoms with Crippen molar-refractivity contribution in [3.63, 3.8) is 0 Å². The molecule has 2 aliphatic carbocycles. The Morgan fingerprint density at radius 1 is 1.08 bits per heavy atom. The molecule has 1 aromatic heterocycles. The number of carbonyl (C=O) groups excluding carboxylic acids is 1. The summed E-state index contributed by atoms with van der Waals surface area (Å²) in [6, 6.07) is 4.05. The summed E-state index contributed by atoms with van der Waals surface area (Å²) in [5.74, 6) is -0.0578. The first-order chi connectivity index (χ1) is 18.1. The molecule has 3 heterocycles. The van der Waals surface area contributed by atoms with Crippen molar-refractivity contribution in [3.8, 4) is 0 Å². The van der Waals surface area contributed by atoms with Crippen molar-refractivity contribution in [3.05, 3.63) is 58.1 Å². The standard InChI is InChI=1S/C28H31ClF4N4O/c29-22-5-3-18-13-20(14-21(18)24(22)30)35-19-4-6-23(34-15-19)25(28(31,32)33)37-12-9-27(26(37)38)7-10-36(11-8-27)16-17-1-2-17/h3-6,15,17,20,25,35H,1-2,7-14,16H2. The second kappa shape index (κ2) is 9.66. The summed E-state index contributed by atoms with van der Waals surface area (Å²) in [7, 11) is 0. The molecule has 2 unspecified atom stereocenters. The topological polar surface area (TPSA) is 48.5 Å². The van der Waals surface area contributed by atoms with Crippen LogP contribution in [0.5, 0.6) is 0 Å². The second-order valence-corrected chi connectivity index (χ2v) is 11.8. The number of benzene rings is 1. The Bertz CT molecular complexity index is 1210. The van der Waals surface area contributed by atoms with Crippen LogP contribution in [0.4, 0.5) is 23.2 Å². The van der Waals surface area contributed by atoms with Gasteiger partial charge in [-0.15, -0.1) is 0 Å². The summed E-state index contributed by atoms with van der Waals surface area (Å²) in [6.07, 6.45) is 1.94. The molecular weight excluding hydrogens is 520 g/mol. The van der Waals surface area contributed by atoms with E-state index in [0.717, 1.165) is 36.0 Å². The lowest BCUT2D eigenvalue weighted by Gasteiger charge is -2.39. The van der Waals surface area contributed by atoms with Crippen molar-refractivity contribution in [2.45, 2.75) is 63.2 Å². The van der Waals surface area contributed by atoms with Crippen molar-refractivity contribution >= 4 is 23.2 Å². The number of fused-ring (bicyclic) bond motifs is 1. The maximum atomic E-state index is 14.3. The third kappa shape index (κ3) is 4.88. The van der Waals surface area contributed by atoms with Gasteiger partial charge in [-0.3, -0.25) is 9.78 Å². The molecule has 10 heteroatoms. The van der Waals surface area contributed by atoms with E-state index in [1.165, 1.54) is 31.2 Å². The van der Waals surface area contributed by atoms with Crippen LogP contribution in [0.2, 0.25) is 5.02 Å². The first-order valence-corrected chi connectivity index (χ1v) is 13.8. The number of nitrogens with one attached hydrogen (secondary N) is 1. The highest BCUT2D eigenvalue weighted by Gasteiger charge is 2.56. The predicted molar refractivity (Wildman–Crippen MR) is 136 cm³/mol. The zero-order valence-electron chi connectivity index (χ0n) is 21.0. The number of likely N-dealkylation sites (tertiary alicyclic amines) is 2. The van der Waals surface area contributed by atoms with Crippen molar-refractivity contribution in [2.24, 2.45) is 11.3 Å². The molecule has 4 aliphatic rings. The van der Waals surface area contributed by atoms with Gasteiger partial charge in [0.15, 0.2) is 6.04 Å². The average molecular weight is 551 g/mol. The molecular formula is C28H31ClF4N4O. The number of piperidine rings is 1. The molecule has 1 N–H and O–H groups in total. The summed E-state index contributed by atoms with van der Waals surface area (Å²) in [5, 5.41) is 3.33. The fraction of sp³-hybridized carbons (Fsp3) is 0.571. The van der Waals surface area contributed by atoms with Crippen molar-refractivity contribution < 1.29 is 22.4 Å². The maximum Gasteiger partial charge on any atom is 0.414 e. The van der Waals surface area contributed by atoms with E-state index in [-0.39, 0.29) is 29.2 Å². The van der Waals surface area contributed by atoms with E-state index in [2.05, 4.69) is 15.2 Å². The van der Waals surface area contributed by atoms with Gasteiger partial charge >= 0.3 is 6.18 Å². The third-order valence-corrected chi connectivity index (χ3v) is 9.13. The van der Waals surface area contributed by atoms with Crippen LogP contribution in [0.25, 0.3) is 0 Å². The van der Waals surface area contributed by atoms with Crippen LogP contribution in [-0.2, 0) is 17.6 Å². The van der Waals surface area contributed by atoms with Crippen molar-refractivity contribution in [2.75, 3.05) is 31.5 Å². The SMILES string of the molecule is O=C1N(C(c2ccc(NC3Cc4ccc(Cl)c(F)c4C3)cn2)C(F)(F)F)CCC12CCN(CC1CC1)CC2. The zero-order valence-corrected chi connectivity index (χ0v) is 21.8. The predicted octanol–water partition coefficient (Wildman–Crippen LogP) is 5.78. The molecule has 6 rings (SSSR count). The minimum Gasteiger partial charge on any atom is -0.380 e. The first kappa shape index (κ1) is 25.9. The Kier molecular flexibility index (Phi) is 6.58. The minimum atomic E-state index is -4.64. The number of hydrogen-bond donors (Lipinski definition) is 1. The van der Waals surface area contributed by atoms with Crippen LogP contribution >= 0.6 is 11.6 Å². The molecule has 2 saturated heterocycles. The lowest BCUT2D eigenvalue weighted by atomic mass is 9.77. The van der Waals surface area contributed by atoms with E-state index in [9.17, 15) is 22.4 Å². The van der Waals surface area contributed by atoms with Crippen LogP contribution in [0.3, 0.4) is 0 Å². The Labute approximate surface area is 224 Å². The normalized spacial score (nSPS) is 24.2. The summed E-state index contributed by atoms with van der Waals surface area (Å²) >= 11 is 5.90. The number of alkyl halides is 3. The largest absolute Gasteiger partial charge is 0.414 e. The Balaban J connectivity index is 1.14. The highest BCUT2D eigenvalue weighted by atomic mass is 35.5. The van der Waals surface area contributed by atoms with Gasteiger partial charge in [-0.05, 0) is 93.3 Å². The number of rotatable bonds is 6. The molecule has 0 radical (unpaired) electrons. The molecule has 204 valence electrons. The van der Waals surface area contributed by atoms with Gasteiger partial charge in [0.25, 0.3) is 0 Å². The smallest absolute Gasteiger partial charge is 0.380 e. The Morgan fingerprint density at radius 2 is 1.82 bits per heavy atom. The average Bonchev–Trinajstić information content (AvgIpc) is 3.53. The van der Waals surface area contributed by atoms with Gasteiger partial charge in [0.2, 0.25) is 5.91 Å². The Hall–Kier alpha value is -2.39. The monoisotopic (exact) mass is 550 g/mol. The molecule has 5 nitrogen and oxygen atoms in total. The van der Waals surface area contributed by atoms with Crippen LogP contribution < -0.4 is 5.32 Å². The number of pyridine rings is 1. The van der Waals surface area contributed by atoms with Crippen LogP contribution in [0.1, 0.15) is 55.0 Å². The minimum absolute atomic E-state index is 0.0793. The first-order valence-electron chi connectivity index (χ1n) is 13.4. The summed E-state index contributed by atoms with van der Waals surface area (Å²) in [5.41, 5.74) is 1.10. The van der Waals surface area contributed by atoms with Gasteiger partial charge in [0.1, 0.15) is 5.82 Å².